The summed E-state index contributed by atoms with van der Waals surface area (Å²) in [6.45, 7) is 15.0. The minimum absolute atomic E-state index is 0.471. The van der Waals surface area contributed by atoms with Crippen molar-refractivity contribution >= 4 is 16.6 Å². The highest BCUT2D eigenvalue weighted by molar-refractivity contribution is 6.70. The van der Waals surface area contributed by atoms with Crippen LogP contribution >= 0.6 is 0 Å². The molecule has 0 aromatic carbocycles. The van der Waals surface area contributed by atoms with E-state index in [-0.39, 0.29) is 0 Å². The number of rotatable bonds is 6. The van der Waals surface area contributed by atoms with Crippen LogP contribution in [0.25, 0.3) is 0 Å². The zero-order valence-corrected chi connectivity index (χ0v) is 15.2. The normalized spacial score (nSPS) is 12.4. The van der Waals surface area contributed by atoms with E-state index in [1.165, 1.54) is 0 Å². The molecule has 0 aliphatic heterocycles. The summed E-state index contributed by atoms with van der Waals surface area (Å²) in [4.78, 5) is 8.88. The van der Waals surface area contributed by atoms with E-state index in [9.17, 15) is 0 Å². The van der Waals surface area contributed by atoms with E-state index in [1.807, 2.05) is 6.07 Å². The minimum atomic E-state index is -1.69. The SMILES string of the molecule is CCCc1cc(O[Si](C)(C)C)nc(O[Si](C)(C)C)n1. The van der Waals surface area contributed by atoms with E-state index in [0.29, 0.717) is 11.9 Å². The van der Waals surface area contributed by atoms with Crippen LogP contribution in [0.1, 0.15) is 19.0 Å². The molecule has 0 amide bonds. The van der Waals surface area contributed by atoms with Crippen molar-refractivity contribution < 1.29 is 8.85 Å². The lowest BCUT2D eigenvalue weighted by atomic mass is 10.2. The Morgan fingerprint density at radius 2 is 1.53 bits per heavy atom. The molecule has 0 spiro atoms. The van der Waals surface area contributed by atoms with Crippen molar-refractivity contribution in [1.29, 1.82) is 0 Å². The van der Waals surface area contributed by atoms with Crippen molar-refractivity contribution in [2.45, 2.75) is 59.0 Å². The zero-order valence-electron chi connectivity index (χ0n) is 13.2. The Morgan fingerprint density at radius 1 is 0.947 bits per heavy atom. The molecule has 0 unspecified atom stereocenters. The average molecular weight is 299 g/mol. The molecule has 0 bridgehead atoms. The lowest BCUT2D eigenvalue weighted by molar-refractivity contribution is 0.471. The highest BCUT2D eigenvalue weighted by atomic mass is 28.4. The summed E-state index contributed by atoms with van der Waals surface area (Å²) in [6, 6.07) is 2.41. The predicted molar refractivity (Wildman–Crippen MR) is 84.0 cm³/mol. The maximum atomic E-state index is 5.97. The monoisotopic (exact) mass is 298 g/mol. The van der Waals surface area contributed by atoms with Crippen LogP contribution in [0.2, 0.25) is 39.3 Å². The van der Waals surface area contributed by atoms with Gasteiger partial charge in [-0.05, 0) is 45.7 Å². The molecule has 0 aliphatic carbocycles. The van der Waals surface area contributed by atoms with E-state index in [2.05, 4.69) is 56.2 Å². The van der Waals surface area contributed by atoms with Crippen molar-refractivity contribution in [1.82, 2.24) is 9.97 Å². The molecule has 0 N–H and O–H groups in total. The fourth-order valence-corrected chi connectivity index (χ4v) is 2.89. The quantitative estimate of drug-likeness (QED) is 0.748. The predicted octanol–water partition coefficient (Wildman–Crippen LogP) is 3.86. The highest BCUT2D eigenvalue weighted by Gasteiger charge is 2.21. The van der Waals surface area contributed by atoms with Crippen LogP contribution in [0, 0.1) is 0 Å². The molecule has 1 aromatic rings. The third kappa shape index (κ3) is 6.72. The zero-order chi connectivity index (χ0) is 14.7. The number of nitrogens with zero attached hydrogens (tertiary/aromatic N) is 2. The Balaban J connectivity index is 3.03. The lowest BCUT2D eigenvalue weighted by Gasteiger charge is -2.21. The number of hydrogen-bond donors (Lipinski definition) is 0. The van der Waals surface area contributed by atoms with Crippen molar-refractivity contribution in [3.8, 4) is 11.9 Å². The molecule has 19 heavy (non-hydrogen) atoms. The van der Waals surface area contributed by atoms with Gasteiger partial charge in [-0.1, -0.05) is 13.3 Å². The first-order valence-electron chi connectivity index (χ1n) is 6.85. The van der Waals surface area contributed by atoms with Crippen LogP contribution in [0.15, 0.2) is 6.07 Å². The van der Waals surface area contributed by atoms with E-state index >= 15 is 0 Å². The van der Waals surface area contributed by atoms with Crippen molar-refractivity contribution in [3.63, 3.8) is 0 Å². The molecule has 0 radical (unpaired) electrons. The molecule has 108 valence electrons. The van der Waals surface area contributed by atoms with Crippen molar-refractivity contribution in [3.05, 3.63) is 11.8 Å². The Labute approximate surface area is 118 Å². The first-order valence-corrected chi connectivity index (χ1v) is 13.7. The molecular formula is C13H26N2O2Si2. The van der Waals surface area contributed by atoms with Gasteiger partial charge in [0.1, 0.15) is 0 Å². The van der Waals surface area contributed by atoms with Gasteiger partial charge in [-0.3, -0.25) is 0 Å². The maximum absolute atomic E-state index is 5.97. The fourth-order valence-electron chi connectivity index (χ4n) is 1.52. The van der Waals surface area contributed by atoms with E-state index in [1.54, 1.807) is 0 Å². The second-order valence-electron chi connectivity index (χ2n) is 6.66. The van der Waals surface area contributed by atoms with Gasteiger partial charge in [-0.15, -0.1) is 0 Å². The summed E-state index contributed by atoms with van der Waals surface area (Å²) in [5.41, 5.74) is 0.999. The van der Waals surface area contributed by atoms with Gasteiger partial charge in [0.2, 0.25) is 22.5 Å². The molecule has 0 aliphatic rings. The number of aromatic nitrogens is 2. The summed E-state index contributed by atoms with van der Waals surface area (Å²) in [5.74, 6) is 0.658. The molecule has 0 saturated carbocycles. The third-order valence-electron chi connectivity index (χ3n) is 2.05. The van der Waals surface area contributed by atoms with Gasteiger partial charge in [0.05, 0.1) is 5.69 Å². The average Bonchev–Trinajstić information content (AvgIpc) is 2.11. The minimum Gasteiger partial charge on any atom is -0.531 e. The van der Waals surface area contributed by atoms with Crippen LogP contribution in [0.4, 0.5) is 0 Å². The van der Waals surface area contributed by atoms with Crippen LogP contribution < -0.4 is 8.85 Å². The van der Waals surface area contributed by atoms with Crippen LogP contribution in [-0.4, -0.2) is 26.6 Å². The first kappa shape index (κ1) is 16.2. The number of aryl methyl sites for hydroxylation is 1. The fraction of sp³-hybridized carbons (Fsp3) is 0.692. The van der Waals surface area contributed by atoms with Gasteiger partial charge in [0.15, 0.2) is 0 Å². The summed E-state index contributed by atoms with van der Waals surface area (Å²) < 4.78 is 11.9. The summed E-state index contributed by atoms with van der Waals surface area (Å²) in [5, 5.41) is 0. The van der Waals surface area contributed by atoms with Gasteiger partial charge >= 0.3 is 6.01 Å². The largest absolute Gasteiger partial charge is 0.531 e. The van der Waals surface area contributed by atoms with E-state index in [4.69, 9.17) is 8.85 Å². The lowest BCUT2D eigenvalue weighted by Crippen LogP contribution is -2.32. The Bertz CT molecular complexity index is 391. The molecule has 0 fully saturated rings. The van der Waals surface area contributed by atoms with Crippen molar-refractivity contribution in [2.75, 3.05) is 0 Å². The summed E-state index contributed by atoms with van der Waals surface area (Å²) in [6.07, 6.45) is 1.97. The van der Waals surface area contributed by atoms with Crippen LogP contribution in [0.3, 0.4) is 0 Å². The van der Waals surface area contributed by atoms with Gasteiger partial charge in [0.25, 0.3) is 0 Å². The molecular weight excluding hydrogens is 272 g/mol. The summed E-state index contributed by atoms with van der Waals surface area (Å²) in [7, 11) is -3.35. The Morgan fingerprint density at radius 3 is 2.00 bits per heavy atom. The maximum Gasteiger partial charge on any atom is 0.306 e. The second-order valence-corrected chi connectivity index (χ2v) is 15.5. The van der Waals surface area contributed by atoms with Crippen LogP contribution in [-0.2, 0) is 6.42 Å². The molecule has 1 aromatic heterocycles. The second kappa shape index (κ2) is 6.04. The standard InChI is InChI=1S/C13H26N2O2Si2/c1-8-9-11-10-12(16-18(2,3)4)15-13(14-11)17-19(5,6)7/h10H,8-9H2,1-7H3. The van der Waals surface area contributed by atoms with Crippen LogP contribution in [0.5, 0.6) is 11.9 Å². The third-order valence-corrected chi connectivity index (χ3v) is 3.67. The topological polar surface area (TPSA) is 44.2 Å². The summed E-state index contributed by atoms with van der Waals surface area (Å²) >= 11 is 0. The van der Waals surface area contributed by atoms with E-state index < -0.39 is 16.6 Å². The Kier molecular flexibility index (Phi) is 5.14. The molecule has 6 heteroatoms. The molecule has 0 atom stereocenters. The molecule has 1 heterocycles. The first-order chi connectivity index (χ1) is 8.59. The number of hydrogen-bond acceptors (Lipinski definition) is 4. The molecule has 4 nitrogen and oxygen atoms in total. The van der Waals surface area contributed by atoms with Gasteiger partial charge in [-0.25, -0.2) is 4.98 Å². The molecule has 0 saturated heterocycles. The van der Waals surface area contributed by atoms with E-state index in [0.717, 1.165) is 18.5 Å². The van der Waals surface area contributed by atoms with Crippen molar-refractivity contribution in [2.24, 2.45) is 0 Å². The Hall–Kier alpha value is -0.886. The highest BCUT2D eigenvalue weighted by Crippen LogP contribution is 2.20. The van der Waals surface area contributed by atoms with Gasteiger partial charge in [0, 0.05) is 6.07 Å². The van der Waals surface area contributed by atoms with Gasteiger partial charge < -0.3 is 8.85 Å². The molecule has 1 rings (SSSR count). The van der Waals surface area contributed by atoms with Gasteiger partial charge in [-0.2, -0.15) is 4.98 Å². The smallest absolute Gasteiger partial charge is 0.306 e.